The minimum absolute atomic E-state index is 0.00678. The van der Waals surface area contributed by atoms with Crippen LogP contribution >= 0.6 is 0 Å². The molecule has 2 fully saturated rings. The second kappa shape index (κ2) is 11.0. The summed E-state index contributed by atoms with van der Waals surface area (Å²) < 4.78 is 39.2. The van der Waals surface area contributed by atoms with Gasteiger partial charge < -0.3 is 16.0 Å². The number of nitrogens with zero attached hydrogens (tertiary/aromatic N) is 3. The first kappa shape index (κ1) is 26.1. The van der Waals surface area contributed by atoms with Gasteiger partial charge in [0.05, 0.1) is 23.7 Å². The number of halogens is 3. The Hall–Kier alpha value is -2.95. The summed E-state index contributed by atoms with van der Waals surface area (Å²) in [6.07, 6.45) is 1.13. The quantitative estimate of drug-likeness (QED) is 0.509. The molecule has 1 aromatic heterocycles. The summed E-state index contributed by atoms with van der Waals surface area (Å²) in [5, 5.41) is 9.08. The molecule has 1 saturated carbocycles. The van der Waals surface area contributed by atoms with Crippen molar-refractivity contribution < 1.29 is 22.8 Å². The molecule has 2 heterocycles. The molecule has 8 nitrogen and oxygen atoms in total. The number of alkyl halides is 3. The molecule has 2 aliphatic rings. The monoisotopic (exact) mass is 506 g/mol. The van der Waals surface area contributed by atoms with Crippen molar-refractivity contribution in [1.82, 2.24) is 25.5 Å². The average Bonchev–Trinajstić information content (AvgIpc) is 2.82. The first-order valence-electron chi connectivity index (χ1n) is 12.5. The van der Waals surface area contributed by atoms with E-state index in [1.165, 1.54) is 12.4 Å². The molecule has 2 amide bonds. The van der Waals surface area contributed by atoms with Crippen LogP contribution in [0.4, 0.5) is 19.0 Å². The predicted octanol–water partition coefficient (Wildman–Crippen LogP) is 3.19. The van der Waals surface area contributed by atoms with Crippen molar-refractivity contribution in [3.63, 3.8) is 0 Å². The zero-order valence-corrected chi connectivity index (χ0v) is 20.6. The lowest BCUT2D eigenvalue weighted by Crippen LogP contribution is -2.63. The van der Waals surface area contributed by atoms with Crippen LogP contribution in [0.3, 0.4) is 0 Å². The van der Waals surface area contributed by atoms with Crippen molar-refractivity contribution in [2.24, 2.45) is 11.8 Å². The Morgan fingerprint density at radius 2 is 1.83 bits per heavy atom. The highest BCUT2D eigenvalue weighted by molar-refractivity contribution is 5.91. The lowest BCUT2D eigenvalue weighted by Gasteiger charge is -2.46. The number of carbonyl (C=O) groups excluding carboxylic acids is 2. The molecule has 1 aliphatic heterocycles. The SMILES string of the molecule is CC(C)C(=O)NC[C@H]1CC[C@H](N2CC(NC(=O)CNc3ncnc4ccc(C(F)(F)F)cc34)C2)CC1. The maximum atomic E-state index is 13.1. The van der Waals surface area contributed by atoms with Gasteiger partial charge in [0, 0.05) is 37.0 Å². The van der Waals surface area contributed by atoms with Gasteiger partial charge in [0.15, 0.2) is 0 Å². The van der Waals surface area contributed by atoms with Crippen molar-refractivity contribution >= 4 is 28.5 Å². The third-order valence-electron chi connectivity index (χ3n) is 7.08. The van der Waals surface area contributed by atoms with Gasteiger partial charge in [-0.1, -0.05) is 13.8 Å². The molecule has 36 heavy (non-hydrogen) atoms. The molecule has 3 N–H and O–H groups in total. The maximum Gasteiger partial charge on any atom is 0.416 e. The van der Waals surface area contributed by atoms with Crippen molar-refractivity contribution in [3.05, 3.63) is 30.1 Å². The normalized spacial score (nSPS) is 21.3. The van der Waals surface area contributed by atoms with Crippen LogP contribution in [-0.2, 0) is 15.8 Å². The number of benzene rings is 1. The molecular weight excluding hydrogens is 473 g/mol. The summed E-state index contributed by atoms with van der Waals surface area (Å²) >= 11 is 0. The molecule has 0 radical (unpaired) electrons. The highest BCUT2D eigenvalue weighted by Gasteiger charge is 2.35. The number of hydrogen-bond acceptors (Lipinski definition) is 6. The Balaban J connectivity index is 1.19. The van der Waals surface area contributed by atoms with E-state index >= 15 is 0 Å². The summed E-state index contributed by atoms with van der Waals surface area (Å²) in [4.78, 5) is 34.6. The summed E-state index contributed by atoms with van der Waals surface area (Å²) in [6, 6.07) is 3.82. The van der Waals surface area contributed by atoms with Crippen LogP contribution < -0.4 is 16.0 Å². The molecule has 0 atom stereocenters. The van der Waals surface area contributed by atoms with Crippen molar-refractivity contribution in [3.8, 4) is 0 Å². The van der Waals surface area contributed by atoms with E-state index in [0.717, 1.165) is 57.5 Å². The summed E-state index contributed by atoms with van der Waals surface area (Å²) in [7, 11) is 0. The largest absolute Gasteiger partial charge is 0.416 e. The highest BCUT2D eigenvalue weighted by Crippen LogP contribution is 2.33. The molecule has 4 rings (SSSR count). The van der Waals surface area contributed by atoms with Gasteiger partial charge in [-0.2, -0.15) is 13.2 Å². The van der Waals surface area contributed by atoms with Gasteiger partial charge in [0.25, 0.3) is 0 Å². The van der Waals surface area contributed by atoms with Crippen LogP contribution in [0.15, 0.2) is 24.5 Å². The van der Waals surface area contributed by atoms with Crippen molar-refractivity contribution in [2.75, 3.05) is 31.5 Å². The number of hydrogen-bond donors (Lipinski definition) is 3. The van der Waals surface area contributed by atoms with Crippen molar-refractivity contribution in [1.29, 1.82) is 0 Å². The fourth-order valence-corrected chi connectivity index (χ4v) is 4.88. The number of nitrogens with one attached hydrogen (secondary N) is 3. The van der Waals surface area contributed by atoms with Gasteiger partial charge in [-0.15, -0.1) is 0 Å². The number of likely N-dealkylation sites (tertiary alicyclic amines) is 1. The van der Waals surface area contributed by atoms with E-state index in [1.54, 1.807) is 0 Å². The zero-order chi connectivity index (χ0) is 25.9. The van der Waals surface area contributed by atoms with E-state index < -0.39 is 11.7 Å². The topological polar surface area (TPSA) is 99.2 Å². The smallest absolute Gasteiger partial charge is 0.360 e. The number of anilines is 1. The van der Waals surface area contributed by atoms with E-state index in [9.17, 15) is 22.8 Å². The van der Waals surface area contributed by atoms with Gasteiger partial charge in [0.1, 0.15) is 12.1 Å². The molecule has 196 valence electrons. The molecule has 2 aromatic rings. The number of rotatable bonds is 8. The van der Waals surface area contributed by atoms with Crippen LogP contribution in [0, 0.1) is 11.8 Å². The van der Waals surface area contributed by atoms with Crippen molar-refractivity contribution in [2.45, 2.75) is 57.8 Å². The second-order valence-corrected chi connectivity index (χ2v) is 10.1. The highest BCUT2D eigenvalue weighted by atomic mass is 19.4. The first-order chi connectivity index (χ1) is 17.1. The van der Waals surface area contributed by atoms with Gasteiger partial charge in [-0.3, -0.25) is 14.5 Å². The first-order valence-corrected chi connectivity index (χ1v) is 12.5. The van der Waals surface area contributed by atoms with E-state index in [0.29, 0.717) is 17.5 Å². The standard InChI is InChI=1S/C25H33F3N6O2/c1-15(2)24(36)30-10-16-3-6-19(7-4-16)34-12-18(13-34)33-22(35)11-29-23-20-9-17(25(26,27)28)5-8-21(20)31-14-32-23/h5,8-9,14-16,18-19H,3-4,6-7,10-13H2,1-2H3,(H,30,36)(H,33,35)(H,29,31,32)/t16-,19-. The lowest BCUT2D eigenvalue weighted by molar-refractivity contribution is -0.137. The number of aromatic nitrogens is 2. The molecular formula is C25H33F3N6O2. The molecule has 0 spiro atoms. The van der Waals surface area contributed by atoms with E-state index in [4.69, 9.17) is 0 Å². The molecule has 1 saturated heterocycles. The zero-order valence-electron chi connectivity index (χ0n) is 20.6. The summed E-state index contributed by atoms with van der Waals surface area (Å²) in [5.74, 6) is 0.594. The Kier molecular flexibility index (Phi) is 7.97. The van der Waals surface area contributed by atoms with Crippen LogP contribution in [0.5, 0.6) is 0 Å². The predicted molar refractivity (Wildman–Crippen MR) is 130 cm³/mol. The fourth-order valence-electron chi connectivity index (χ4n) is 4.88. The molecule has 1 aromatic carbocycles. The van der Waals surface area contributed by atoms with Gasteiger partial charge >= 0.3 is 6.18 Å². The number of carbonyl (C=O) groups is 2. The summed E-state index contributed by atoms with van der Waals surface area (Å²) in [5.41, 5.74) is -0.422. The van der Waals surface area contributed by atoms with Gasteiger partial charge in [0.2, 0.25) is 11.8 Å². The van der Waals surface area contributed by atoms with Crippen LogP contribution in [-0.4, -0.2) is 64.9 Å². The third kappa shape index (κ3) is 6.43. The molecule has 11 heteroatoms. The Morgan fingerprint density at radius 1 is 1.11 bits per heavy atom. The van der Waals surface area contributed by atoms with E-state index in [-0.39, 0.29) is 41.5 Å². The second-order valence-electron chi connectivity index (χ2n) is 10.1. The Bertz CT molecular complexity index is 1080. The summed E-state index contributed by atoms with van der Waals surface area (Å²) in [6.45, 7) is 6.02. The molecule has 1 aliphatic carbocycles. The fraction of sp³-hybridized carbons (Fsp3) is 0.600. The van der Waals surface area contributed by atoms with Crippen LogP contribution in [0.25, 0.3) is 10.9 Å². The van der Waals surface area contributed by atoms with Gasteiger partial charge in [-0.05, 0) is 49.8 Å². The Labute approximate surface area is 208 Å². The van der Waals surface area contributed by atoms with E-state index in [1.807, 2.05) is 13.8 Å². The number of amides is 2. The third-order valence-corrected chi connectivity index (χ3v) is 7.08. The minimum atomic E-state index is -4.47. The van der Waals surface area contributed by atoms with Crippen LogP contribution in [0.1, 0.15) is 45.1 Å². The maximum absolute atomic E-state index is 13.1. The number of fused-ring (bicyclic) bond motifs is 1. The Morgan fingerprint density at radius 3 is 2.50 bits per heavy atom. The van der Waals surface area contributed by atoms with E-state index in [2.05, 4.69) is 30.8 Å². The average molecular weight is 507 g/mol. The van der Waals surface area contributed by atoms with Crippen LogP contribution in [0.2, 0.25) is 0 Å². The van der Waals surface area contributed by atoms with Gasteiger partial charge in [-0.25, -0.2) is 9.97 Å². The molecule has 0 bridgehead atoms. The molecule has 0 unspecified atom stereocenters. The minimum Gasteiger partial charge on any atom is -0.360 e. The lowest BCUT2D eigenvalue weighted by atomic mass is 9.84.